The van der Waals surface area contributed by atoms with Crippen molar-refractivity contribution >= 4 is 17.8 Å². The number of alkyl carbamates (subject to hydrolysis) is 1. The highest BCUT2D eigenvalue weighted by Gasteiger charge is 2.26. The van der Waals surface area contributed by atoms with Crippen LogP contribution in [-0.4, -0.2) is 28.6 Å². The van der Waals surface area contributed by atoms with Crippen LogP contribution in [0.3, 0.4) is 0 Å². The number of amides is 1. The predicted octanol–water partition coefficient (Wildman–Crippen LogP) is 1.99. The van der Waals surface area contributed by atoms with Crippen LogP contribution in [0.4, 0.5) is 4.79 Å². The third-order valence-electron chi connectivity index (χ3n) is 2.55. The topological polar surface area (TPSA) is 92.7 Å². The molecule has 6 nitrogen and oxygen atoms in total. The van der Waals surface area contributed by atoms with Crippen molar-refractivity contribution in [3.8, 4) is 0 Å². The van der Waals surface area contributed by atoms with Crippen LogP contribution < -0.4 is 5.32 Å². The number of allylic oxidation sites excluding steroid dienone is 2. The number of carbonyl (C=O) groups is 3. The van der Waals surface area contributed by atoms with Crippen molar-refractivity contribution in [2.45, 2.75) is 52.1 Å². The highest BCUT2D eigenvalue weighted by Crippen LogP contribution is 2.25. The summed E-state index contributed by atoms with van der Waals surface area (Å²) < 4.78 is 5.07. The van der Waals surface area contributed by atoms with Gasteiger partial charge in [0, 0.05) is 12.8 Å². The van der Waals surface area contributed by atoms with Gasteiger partial charge in [-0.25, -0.2) is 4.79 Å². The van der Waals surface area contributed by atoms with Crippen molar-refractivity contribution in [3.05, 3.63) is 11.3 Å². The fraction of sp³-hybridized carbons (Fsp3) is 0.615. The summed E-state index contributed by atoms with van der Waals surface area (Å²) in [6, 6.07) is 0. The van der Waals surface area contributed by atoms with Gasteiger partial charge in [0.2, 0.25) is 0 Å². The molecule has 106 valence electrons. The van der Waals surface area contributed by atoms with Crippen molar-refractivity contribution in [3.63, 3.8) is 0 Å². The molecule has 0 aromatic rings. The Morgan fingerprint density at radius 1 is 1.32 bits per heavy atom. The van der Waals surface area contributed by atoms with Gasteiger partial charge in [0.05, 0.1) is 5.70 Å². The van der Waals surface area contributed by atoms with Crippen LogP contribution in [0.15, 0.2) is 11.3 Å². The second kappa shape index (κ2) is 5.86. The minimum absolute atomic E-state index is 0.0535. The highest BCUT2D eigenvalue weighted by molar-refractivity contribution is 6.01. The second-order valence-electron chi connectivity index (χ2n) is 5.42. The van der Waals surface area contributed by atoms with E-state index in [1.165, 1.54) is 0 Å². The van der Waals surface area contributed by atoms with Gasteiger partial charge < -0.3 is 9.84 Å². The molecule has 0 aromatic carbocycles. The minimum atomic E-state index is -0.927. The third-order valence-corrected chi connectivity index (χ3v) is 2.55. The first kappa shape index (κ1) is 15.2. The lowest BCUT2D eigenvalue weighted by Crippen LogP contribution is -2.33. The molecular formula is C13H19NO5. The monoisotopic (exact) mass is 269 g/mol. The molecule has 1 aliphatic carbocycles. The Morgan fingerprint density at radius 2 is 1.95 bits per heavy atom. The summed E-state index contributed by atoms with van der Waals surface area (Å²) in [5.74, 6) is -1.10. The van der Waals surface area contributed by atoms with Crippen LogP contribution in [0, 0.1) is 0 Å². The van der Waals surface area contributed by atoms with Gasteiger partial charge in [-0.2, -0.15) is 0 Å². The molecule has 0 aromatic heterocycles. The van der Waals surface area contributed by atoms with Gasteiger partial charge in [-0.05, 0) is 39.2 Å². The quantitative estimate of drug-likeness (QED) is 0.814. The number of nitrogens with one attached hydrogen (secondary N) is 1. The lowest BCUT2D eigenvalue weighted by atomic mass is 10.1. The molecule has 1 amide bonds. The number of carboxylic acids is 1. The van der Waals surface area contributed by atoms with Crippen LogP contribution in [0.2, 0.25) is 0 Å². The van der Waals surface area contributed by atoms with Gasteiger partial charge in [-0.3, -0.25) is 14.9 Å². The van der Waals surface area contributed by atoms with E-state index in [4.69, 9.17) is 9.84 Å². The average molecular weight is 269 g/mol. The number of carbonyl (C=O) groups excluding carboxylic acids is 2. The van der Waals surface area contributed by atoms with E-state index in [2.05, 4.69) is 5.32 Å². The van der Waals surface area contributed by atoms with Crippen LogP contribution in [0.1, 0.15) is 46.5 Å². The lowest BCUT2D eigenvalue weighted by molar-refractivity contribution is -0.137. The number of aliphatic carboxylic acids is 1. The average Bonchev–Trinajstić information content (AvgIpc) is 2.55. The number of ketones is 1. The summed E-state index contributed by atoms with van der Waals surface area (Å²) in [5.41, 5.74) is 0.238. The zero-order chi connectivity index (χ0) is 14.6. The van der Waals surface area contributed by atoms with Crippen LogP contribution >= 0.6 is 0 Å². The van der Waals surface area contributed by atoms with E-state index in [9.17, 15) is 14.4 Å². The van der Waals surface area contributed by atoms with Crippen molar-refractivity contribution in [2.24, 2.45) is 0 Å². The predicted molar refractivity (Wildman–Crippen MR) is 67.5 cm³/mol. The van der Waals surface area contributed by atoms with E-state index < -0.39 is 17.7 Å². The number of Topliss-reactive ketones (excluding diaryl/α,β-unsaturated/α-hetero) is 1. The van der Waals surface area contributed by atoms with E-state index in [0.29, 0.717) is 18.4 Å². The summed E-state index contributed by atoms with van der Waals surface area (Å²) in [7, 11) is 0. The molecule has 0 saturated carbocycles. The highest BCUT2D eigenvalue weighted by atomic mass is 16.6. The number of ether oxygens (including phenoxy) is 1. The van der Waals surface area contributed by atoms with Crippen LogP contribution in [0.25, 0.3) is 0 Å². The van der Waals surface area contributed by atoms with Gasteiger partial charge >= 0.3 is 12.1 Å². The largest absolute Gasteiger partial charge is 0.481 e. The normalized spacial score (nSPS) is 15.6. The number of hydrogen-bond acceptors (Lipinski definition) is 4. The first-order valence-electron chi connectivity index (χ1n) is 6.16. The molecule has 0 spiro atoms. The van der Waals surface area contributed by atoms with E-state index in [1.54, 1.807) is 20.8 Å². The van der Waals surface area contributed by atoms with Gasteiger partial charge in [0.25, 0.3) is 0 Å². The molecule has 1 aliphatic rings. The van der Waals surface area contributed by atoms with Crippen molar-refractivity contribution in [2.75, 3.05) is 0 Å². The summed E-state index contributed by atoms with van der Waals surface area (Å²) in [6.45, 7) is 5.17. The minimum Gasteiger partial charge on any atom is -0.481 e. The maximum atomic E-state index is 11.7. The maximum absolute atomic E-state index is 11.7. The first-order chi connectivity index (χ1) is 8.69. The molecule has 0 saturated heterocycles. The van der Waals surface area contributed by atoms with E-state index >= 15 is 0 Å². The molecule has 19 heavy (non-hydrogen) atoms. The maximum Gasteiger partial charge on any atom is 0.412 e. The first-order valence-corrected chi connectivity index (χ1v) is 6.16. The molecule has 0 heterocycles. The fourth-order valence-corrected chi connectivity index (χ4v) is 1.78. The standard InChI is InChI=1S/C13H19NO5/c1-13(2,3)19-12(18)14-11-8(4-6-9(11)15)5-7-10(16)17/h4-7H2,1-3H3,(H,14,18)(H,16,17). The second-order valence-corrected chi connectivity index (χ2v) is 5.42. The molecule has 0 aliphatic heterocycles. The summed E-state index contributed by atoms with van der Waals surface area (Å²) in [5, 5.41) is 11.1. The lowest BCUT2D eigenvalue weighted by Gasteiger charge is -2.20. The number of hydrogen-bond donors (Lipinski definition) is 2. The zero-order valence-electron chi connectivity index (χ0n) is 11.4. The molecule has 0 unspecified atom stereocenters. The number of rotatable bonds is 4. The van der Waals surface area contributed by atoms with Gasteiger partial charge in [-0.15, -0.1) is 0 Å². The summed E-state index contributed by atoms with van der Waals surface area (Å²) >= 11 is 0. The molecule has 0 fully saturated rings. The fourth-order valence-electron chi connectivity index (χ4n) is 1.78. The molecule has 2 N–H and O–H groups in total. The Labute approximate surface area is 111 Å². The Kier molecular flexibility index (Phi) is 4.69. The molecule has 6 heteroatoms. The Hall–Kier alpha value is -1.85. The molecular weight excluding hydrogens is 250 g/mol. The Bertz CT molecular complexity index is 431. The third kappa shape index (κ3) is 5.11. The molecule has 1 rings (SSSR count). The van der Waals surface area contributed by atoms with Crippen molar-refractivity contribution in [1.29, 1.82) is 0 Å². The van der Waals surface area contributed by atoms with Crippen LogP contribution in [0.5, 0.6) is 0 Å². The van der Waals surface area contributed by atoms with E-state index in [1.807, 2.05) is 0 Å². The van der Waals surface area contributed by atoms with Gasteiger partial charge in [0.1, 0.15) is 5.60 Å². The Morgan fingerprint density at radius 3 is 2.47 bits per heavy atom. The zero-order valence-corrected chi connectivity index (χ0v) is 11.4. The van der Waals surface area contributed by atoms with Crippen molar-refractivity contribution in [1.82, 2.24) is 5.32 Å². The smallest absolute Gasteiger partial charge is 0.412 e. The number of carboxylic acid groups (broad SMARTS) is 1. The molecule has 0 atom stereocenters. The van der Waals surface area contributed by atoms with Gasteiger partial charge in [0.15, 0.2) is 5.78 Å². The SMILES string of the molecule is CC(C)(C)OC(=O)NC1=C(CCC(=O)O)CCC1=O. The van der Waals surface area contributed by atoms with Crippen LogP contribution in [-0.2, 0) is 14.3 Å². The van der Waals surface area contributed by atoms with E-state index in [0.717, 1.165) is 0 Å². The summed E-state index contributed by atoms with van der Waals surface area (Å²) in [4.78, 5) is 33.8. The molecule has 0 bridgehead atoms. The molecule has 0 radical (unpaired) electrons. The van der Waals surface area contributed by atoms with E-state index in [-0.39, 0.29) is 24.3 Å². The van der Waals surface area contributed by atoms with Crippen molar-refractivity contribution < 1.29 is 24.2 Å². The summed E-state index contributed by atoms with van der Waals surface area (Å²) in [6.07, 6.45) is 0.330. The van der Waals surface area contributed by atoms with Gasteiger partial charge in [-0.1, -0.05) is 0 Å². The Balaban J connectivity index is 2.70.